The van der Waals surface area contributed by atoms with Gasteiger partial charge in [0.05, 0.1) is 7.11 Å². The van der Waals surface area contributed by atoms with Gasteiger partial charge in [0.1, 0.15) is 23.0 Å². The molecule has 1 saturated carbocycles. The van der Waals surface area contributed by atoms with Crippen molar-refractivity contribution in [1.29, 1.82) is 0 Å². The van der Waals surface area contributed by atoms with Crippen LogP contribution in [-0.2, 0) is 16.6 Å². The number of ether oxygens (including phenoxy) is 4. The van der Waals surface area contributed by atoms with Crippen LogP contribution in [0.5, 0.6) is 23.0 Å². The van der Waals surface area contributed by atoms with Crippen LogP contribution in [0.1, 0.15) is 61.3 Å². The average Bonchev–Trinajstić information content (AvgIpc) is 2.99. The third kappa shape index (κ3) is 6.95. The van der Waals surface area contributed by atoms with E-state index in [1.165, 1.54) is 37.3 Å². The minimum atomic E-state index is -0.783. The molecule has 0 atom stereocenters. The van der Waals surface area contributed by atoms with Gasteiger partial charge in [-0.2, -0.15) is 0 Å². The molecule has 0 amide bonds. The molecule has 0 radical (unpaired) electrons. The summed E-state index contributed by atoms with van der Waals surface area (Å²) in [6, 6.07) is 30.8. The Kier molecular flexibility index (Phi) is 8.68. The molecule has 5 rings (SSSR count). The van der Waals surface area contributed by atoms with Crippen LogP contribution in [0, 0.1) is 0 Å². The van der Waals surface area contributed by atoms with Gasteiger partial charge in [-0.1, -0.05) is 67.8 Å². The van der Waals surface area contributed by atoms with Crippen molar-refractivity contribution in [3.8, 4) is 23.0 Å². The van der Waals surface area contributed by atoms with E-state index in [2.05, 4.69) is 24.3 Å². The van der Waals surface area contributed by atoms with Crippen LogP contribution in [0.2, 0.25) is 0 Å². The third-order valence-corrected chi connectivity index (χ3v) is 7.68. The van der Waals surface area contributed by atoms with Crippen LogP contribution >= 0.6 is 0 Å². The summed E-state index contributed by atoms with van der Waals surface area (Å²) in [5.74, 6) is 1.86. The van der Waals surface area contributed by atoms with Crippen LogP contribution in [0.15, 0.2) is 97.1 Å². The fourth-order valence-electron chi connectivity index (χ4n) is 5.62. The van der Waals surface area contributed by atoms with Crippen molar-refractivity contribution in [2.75, 3.05) is 7.11 Å². The molecule has 0 saturated heterocycles. The highest BCUT2D eigenvalue weighted by Crippen LogP contribution is 2.45. The third-order valence-electron chi connectivity index (χ3n) is 7.68. The summed E-state index contributed by atoms with van der Waals surface area (Å²) in [4.78, 5) is 23.6. The molecule has 6 heteroatoms. The molecule has 0 aliphatic heterocycles. The van der Waals surface area contributed by atoms with E-state index in [9.17, 15) is 9.59 Å². The molecule has 6 nitrogen and oxygen atoms in total. The van der Waals surface area contributed by atoms with Gasteiger partial charge < -0.3 is 18.9 Å². The van der Waals surface area contributed by atoms with E-state index in [1.54, 1.807) is 31.4 Å². The maximum Gasteiger partial charge on any atom is 0.519 e. The first kappa shape index (κ1) is 28.0. The van der Waals surface area contributed by atoms with E-state index < -0.39 is 6.16 Å². The van der Waals surface area contributed by atoms with E-state index in [0.29, 0.717) is 23.7 Å². The molecule has 1 aliphatic rings. The lowest BCUT2D eigenvalue weighted by atomic mass is 9.65. The summed E-state index contributed by atoms with van der Waals surface area (Å²) in [5.41, 5.74) is 4.57. The molecule has 41 heavy (non-hydrogen) atoms. The first-order valence-corrected chi connectivity index (χ1v) is 13.9. The largest absolute Gasteiger partial charge is 0.519 e. The maximum atomic E-state index is 12.5. The van der Waals surface area contributed by atoms with Crippen molar-refractivity contribution in [1.82, 2.24) is 0 Å². The van der Waals surface area contributed by atoms with E-state index in [-0.39, 0.29) is 11.4 Å². The van der Waals surface area contributed by atoms with E-state index >= 15 is 0 Å². The topological polar surface area (TPSA) is 71.1 Å². The molecule has 1 fully saturated rings. The molecule has 0 bridgehead atoms. The van der Waals surface area contributed by atoms with Crippen molar-refractivity contribution in [2.24, 2.45) is 0 Å². The molecule has 0 unspecified atom stereocenters. The van der Waals surface area contributed by atoms with Gasteiger partial charge in [-0.25, -0.2) is 4.79 Å². The molecule has 0 aromatic heterocycles. The molecule has 1 aliphatic carbocycles. The number of methoxy groups -OCH3 is 1. The lowest BCUT2D eigenvalue weighted by Crippen LogP contribution is -2.30. The minimum absolute atomic E-state index is 0.0598. The van der Waals surface area contributed by atoms with Gasteiger partial charge in [-0.15, -0.1) is 0 Å². The predicted octanol–water partition coefficient (Wildman–Crippen LogP) is 8.04. The normalized spacial score (nSPS) is 14.1. The number of hydrogen-bond acceptors (Lipinski definition) is 6. The highest BCUT2D eigenvalue weighted by atomic mass is 16.7. The second-order valence-electron chi connectivity index (χ2n) is 10.4. The number of esters is 1. The van der Waals surface area contributed by atoms with Gasteiger partial charge in [0, 0.05) is 12.3 Å². The van der Waals surface area contributed by atoms with E-state index in [0.717, 1.165) is 29.7 Å². The van der Waals surface area contributed by atoms with E-state index in [1.807, 2.05) is 48.5 Å². The number of hydrogen-bond donors (Lipinski definition) is 0. The summed E-state index contributed by atoms with van der Waals surface area (Å²) in [7, 11) is 1.68. The van der Waals surface area contributed by atoms with Gasteiger partial charge >= 0.3 is 12.1 Å². The van der Waals surface area contributed by atoms with Crippen LogP contribution in [-0.4, -0.2) is 19.2 Å². The molecule has 0 spiro atoms. The summed E-state index contributed by atoms with van der Waals surface area (Å²) >= 11 is 0. The molecule has 210 valence electrons. The Morgan fingerprint density at radius 3 is 1.44 bits per heavy atom. The zero-order valence-electron chi connectivity index (χ0n) is 23.4. The van der Waals surface area contributed by atoms with Crippen molar-refractivity contribution >= 4 is 12.1 Å². The van der Waals surface area contributed by atoms with Crippen molar-refractivity contribution in [2.45, 2.75) is 50.9 Å². The first-order valence-electron chi connectivity index (χ1n) is 13.9. The fourth-order valence-corrected chi connectivity index (χ4v) is 5.62. The summed E-state index contributed by atoms with van der Waals surface area (Å²) < 4.78 is 21.3. The molecule has 4 aromatic carbocycles. The molecule has 4 aromatic rings. The summed E-state index contributed by atoms with van der Waals surface area (Å²) in [5, 5.41) is 0. The number of carbonyl (C=O) groups excluding carboxylic acids is 2. The quantitative estimate of drug-likeness (QED) is 0.126. The summed E-state index contributed by atoms with van der Waals surface area (Å²) in [6.45, 7) is 1.38. The van der Waals surface area contributed by atoms with Crippen molar-refractivity contribution in [3.05, 3.63) is 119 Å². The van der Waals surface area contributed by atoms with Gasteiger partial charge in [0.2, 0.25) is 0 Å². The van der Waals surface area contributed by atoms with Crippen LogP contribution < -0.4 is 18.9 Å². The van der Waals surface area contributed by atoms with Gasteiger partial charge in [-0.05, 0) is 90.0 Å². The van der Waals surface area contributed by atoms with Crippen LogP contribution in [0.4, 0.5) is 4.79 Å². The Labute approximate surface area is 240 Å². The number of carbonyl (C=O) groups is 2. The van der Waals surface area contributed by atoms with Crippen molar-refractivity contribution < 1.29 is 28.5 Å². The summed E-state index contributed by atoms with van der Waals surface area (Å²) in [6.07, 6.45) is 5.67. The Morgan fingerprint density at radius 2 is 1.00 bits per heavy atom. The average molecular weight is 551 g/mol. The SMILES string of the molecule is COc1ccc(C2(c3ccc(OC(=O)Oc4ccc(Cc5ccc(OC(C)=O)cc5)cc4)cc3)CCCCC2)cc1. The van der Waals surface area contributed by atoms with Gasteiger partial charge in [-0.3, -0.25) is 4.79 Å². The highest BCUT2D eigenvalue weighted by Gasteiger charge is 2.35. The molecular weight excluding hydrogens is 516 g/mol. The Balaban J connectivity index is 1.19. The Hall–Kier alpha value is -4.58. The monoisotopic (exact) mass is 550 g/mol. The standard InChI is InChI=1S/C35H34O6/c1-25(36)39-31-14-6-26(7-15-31)24-27-8-16-32(17-9-27)40-34(37)41-33-20-12-29(13-21-33)35(22-4-3-5-23-35)28-10-18-30(38-2)19-11-28/h6-21H,3-5,22-24H2,1-2H3. The van der Waals surface area contributed by atoms with Crippen LogP contribution in [0.25, 0.3) is 0 Å². The van der Waals surface area contributed by atoms with Crippen LogP contribution in [0.3, 0.4) is 0 Å². The lowest BCUT2D eigenvalue weighted by molar-refractivity contribution is -0.131. The van der Waals surface area contributed by atoms with E-state index in [4.69, 9.17) is 18.9 Å². The smallest absolute Gasteiger partial charge is 0.497 e. The molecular formula is C35H34O6. The lowest BCUT2D eigenvalue weighted by Gasteiger charge is -2.38. The minimum Gasteiger partial charge on any atom is -0.497 e. The number of benzene rings is 4. The maximum absolute atomic E-state index is 12.5. The second kappa shape index (κ2) is 12.7. The van der Waals surface area contributed by atoms with Crippen molar-refractivity contribution in [3.63, 3.8) is 0 Å². The predicted molar refractivity (Wildman–Crippen MR) is 157 cm³/mol. The Morgan fingerprint density at radius 1 is 0.585 bits per heavy atom. The highest BCUT2D eigenvalue weighted by molar-refractivity contribution is 5.69. The first-order chi connectivity index (χ1) is 19.9. The van der Waals surface area contributed by atoms with Gasteiger partial charge in [0.25, 0.3) is 0 Å². The number of rotatable bonds is 8. The molecule has 0 heterocycles. The second-order valence-corrected chi connectivity index (χ2v) is 10.4. The zero-order chi connectivity index (χ0) is 28.7. The fraction of sp³-hybridized carbons (Fsp3) is 0.257. The zero-order valence-corrected chi connectivity index (χ0v) is 23.4. The Bertz CT molecular complexity index is 1450. The van der Waals surface area contributed by atoms with Gasteiger partial charge in [0.15, 0.2) is 0 Å². The molecule has 0 N–H and O–H groups in total.